The maximum atomic E-state index is 5.87. The molecule has 0 amide bonds. The van der Waals surface area contributed by atoms with Crippen LogP contribution < -0.4 is 11.1 Å². The van der Waals surface area contributed by atoms with E-state index in [9.17, 15) is 0 Å². The van der Waals surface area contributed by atoms with Gasteiger partial charge in [-0.3, -0.25) is 0 Å². The first-order valence-electron chi connectivity index (χ1n) is 6.55. The lowest BCUT2D eigenvalue weighted by atomic mass is 10.2. The third kappa shape index (κ3) is 3.17. The summed E-state index contributed by atoms with van der Waals surface area (Å²) in [4.78, 5) is 14.2. The highest BCUT2D eigenvalue weighted by Crippen LogP contribution is 2.20. The van der Waals surface area contributed by atoms with Crippen molar-refractivity contribution >= 4 is 23.0 Å². The van der Waals surface area contributed by atoms with E-state index in [-0.39, 0.29) is 0 Å². The van der Waals surface area contributed by atoms with Crippen molar-refractivity contribution in [2.75, 3.05) is 11.1 Å². The molecule has 0 unspecified atom stereocenters. The number of thiazole rings is 1. The monoisotopic (exact) mass is 297 g/mol. The molecule has 0 bridgehead atoms. The van der Waals surface area contributed by atoms with Crippen molar-refractivity contribution in [2.24, 2.45) is 0 Å². The van der Waals surface area contributed by atoms with Gasteiger partial charge in [0, 0.05) is 16.5 Å². The van der Waals surface area contributed by atoms with E-state index < -0.39 is 0 Å². The number of hydrogen-bond donors (Lipinski definition) is 2. The minimum Gasteiger partial charge on any atom is -0.384 e. The molecule has 0 atom stereocenters. The number of nitrogens with zero attached hydrogens (tertiary/aromatic N) is 3. The fourth-order valence-electron chi connectivity index (χ4n) is 1.94. The summed E-state index contributed by atoms with van der Waals surface area (Å²) in [6.45, 7) is 2.68. The molecular weight excluding hydrogens is 282 g/mol. The highest BCUT2D eigenvalue weighted by Gasteiger charge is 2.06. The number of aromatic nitrogens is 3. The van der Waals surface area contributed by atoms with Gasteiger partial charge in [0.25, 0.3) is 0 Å². The van der Waals surface area contributed by atoms with E-state index in [1.165, 1.54) is 4.88 Å². The number of benzene rings is 1. The molecule has 3 rings (SSSR count). The quantitative estimate of drug-likeness (QED) is 0.774. The molecule has 2 aromatic heterocycles. The molecule has 3 aromatic rings. The average Bonchev–Trinajstić information content (AvgIpc) is 2.91. The average molecular weight is 297 g/mol. The second kappa shape index (κ2) is 5.88. The lowest BCUT2D eigenvalue weighted by molar-refractivity contribution is 1.08. The van der Waals surface area contributed by atoms with Crippen molar-refractivity contribution in [1.29, 1.82) is 0 Å². The maximum Gasteiger partial charge on any atom is 0.163 e. The third-order valence-corrected chi connectivity index (χ3v) is 3.99. The molecule has 0 aliphatic rings. The van der Waals surface area contributed by atoms with Crippen molar-refractivity contribution in [2.45, 2.75) is 13.5 Å². The van der Waals surface area contributed by atoms with Crippen LogP contribution in [0.3, 0.4) is 0 Å². The molecule has 6 heteroatoms. The number of nitrogens with one attached hydrogen (secondary N) is 1. The number of hydrogen-bond acceptors (Lipinski definition) is 6. The van der Waals surface area contributed by atoms with Gasteiger partial charge >= 0.3 is 0 Å². The van der Waals surface area contributed by atoms with Gasteiger partial charge in [0.2, 0.25) is 0 Å². The van der Waals surface area contributed by atoms with Crippen LogP contribution in [-0.2, 0) is 6.54 Å². The first kappa shape index (κ1) is 13.5. The Kier molecular flexibility index (Phi) is 3.79. The van der Waals surface area contributed by atoms with Gasteiger partial charge in [-0.05, 0) is 6.92 Å². The Labute approximate surface area is 126 Å². The number of aryl methyl sites for hydroxylation is 1. The number of rotatable bonds is 4. The topological polar surface area (TPSA) is 76.7 Å². The van der Waals surface area contributed by atoms with Gasteiger partial charge in [-0.15, -0.1) is 11.3 Å². The molecule has 0 aliphatic carbocycles. The molecule has 0 saturated carbocycles. The molecule has 21 heavy (non-hydrogen) atoms. The lowest BCUT2D eigenvalue weighted by Crippen LogP contribution is -2.04. The van der Waals surface area contributed by atoms with E-state index in [0.717, 1.165) is 11.3 Å². The van der Waals surface area contributed by atoms with Crippen LogP contribution in [0.1, 0.15) is 10.6 Å². The van der Waals surface area contributed by atoms with Crippen LogP contribution in [0.5, 0.6) is 0 Å². The first-order valence-corrected chi connectivity index (χ1v) is 7.43. The molecule has 0 fully saturated rings. The van der Waals surface area contributed by atoms with E-state index in [4.69, 9.17) is 5.73 Å². The summed E-state index contributed by atoms with van der Waals surface area (Å²) < 4.78 is 0. The largest absolute Gasteiger partial charge is 0.384 e. The van der Waals surface area contributed by atoms with Crippen LogP contribution in [0.2, 0.25) is 0 Å². The number of nitrogen functional groups attached to an aromatic ring is 1. The first-order chi connectivity index (χ1) is 10.2. The summed E-state index contributed by atoms with van der Waals surface area (Å²) in [5, 5.41) is 3.28. The van der Waals surface area contributed by atoms with E-state index in [1.807, 2.05) is 42.8 Å². The Hall–Kier alpha value is -2.47. The van der Waals surface area contributed by atoms with E-state index in [0.29, 0.717) is 24.0 Å². The lowest BCUT2D eigenvalue weighted by Gasteiger charge is -2.08. The summed E-state index contributed by atoms with van der Waals surface area (Å²) in [5.74, 6) is 1.79. The second-order valence-corrected chi connectivity index (χ2v) is 5.52. The number of nitrogens with two attached hydrogens (primary N) is 1. The second-order valence-electron chi connectivity index (χ2n) is 4.58. The van der Waals surface area contributed by atoms with Crippen molar-refractivity contribution in [3.05, 3.63) is 52.5 Å². The minimum atomic E-state index is 0.451. The highest BCUT2D eigenvalue weighted by molar-refractivity contribution is 7.09. The number of anilines is 2. The smallest absolute Gasteiger partial charge is 0.163 e. The Balaban J connectivity index is 1.83. The van der Waals surface area contributed by atoms with Gasteiger partial charge in [0.1, 0.15) is 11.6 Å². The van der Waals surface area contributed by atoms with Crippen molar-refractivity contribution in [3.8, 4) is 11.4 Å². The van der Waals surface area contributed by atoms with Crippen LogP contribution in [0.25, 0.3) is 11.4 Å². The maximum absolute atomic E-state index is 5.87. The zero-order valence-electron chi connectivity index (χ0n) is 11.6. The van der Waals surface area contributed by atoms with E-state index >= 15 is 0 Å². The van der Waals surface area contributed by atoms with Crippen LogP contribution in [-0.4, -0.2) is 15.0 Å². The minimum absolute atomic E-state index is 0.451. The molecule has 0 spiro atoms. The molecule has 0 aliphatic heterocycles. The van der Waals surface area contributed by atoms with E-state index in [2.05, 4.69) is 20.3 Å². The molecular formula is C15H15N5S. The van der Waals surface area contributed by atoms with Crippen LogP contribution in [0, 0.1) is 6.92 Å². The van der Waals surface area contributed by atoms with Crippen LogP contribution >= 0.6 is 11.3 Å². The Bertz CT molecular complexity index is 739. The summed E-state index contributed by atoms with van der Waals surface area (Å²) >= 11 is 1.63. The SMILES string of the molecule is Cc1ncsc1CNc1cc(N)nc(-c2ccccc2)n1. The zero-order valence-corrected chi connectivity index (χ0v) is 12.4. The summed E-state index contributed by atoms with van der Waals surface area (Å²) in [6, 6.07) is 11.5. The highest BCUT2D eigenvalue weighted by atomic mass is 32.1. The van der Waals surface area contributed by atoms with E-state index in [1.54, 1.807) is 17.4 Å². The fraction of sp³-hybridized carbons (Fsp3) is 0.133. The Morgan fingerprint density at radius 2 is 2.00 bits per heavy atom. The molecule has 0 radical (unpaired) electrons. The standard InChI is InChI=1S/C15H15N5S/c1-10-12(21-9-18-10)8-17-14-7-13(16)19-15(20-14)11-5-3-2-4-6-11/h2-7,9H,8H2,1H3,(H3,16,17,19,20). The molecule has 5 nitrogen and oxygen atoms in total. The summed E-state index contributed by atoms with van der Waals surface area (Å²) in [5.41, 5.74) is 9.70. The predicted octanol–water partition coefficient (Wildman–Crippen LogP) is 3.10. The van der Waals surface area contributed by atoms with Gasteiger partial charge < -0.3 is 11.1 Å². The molecule has 1 aromatic carbocycles. The van der Waals surface area contributed by atoms with Gasteiger partial charge in [0.15, 0.2) is 5.82 Å². The summed E-state index contributed by atoms with van der Waals surface area (Å²) in [7, 11) is 0. The zero-order chi connectivity index (χ0) is 14.7. The Morgan fingerprint density at radius 3 is 2.71 bits per heavy atom. The van der Waals surface area contributed by atoms with Gasteiger partial charge in [-0.1, -0.05) is 30.3 Å². The predicted molar refractivity (Wildman–Crippen MR) is 86.1 cm³/mol. The Morgan fingerprint density at radius 1 is 1.19 bits per heavy atom. The van der Waals surface area contributed by atoms with Crippen molar-refractivity contribution in [3.63, 3.8) is 0 Å². The van der Waals surface area contributed by atoms with Crippen LogP contribution in [0.4, 0.5) is 11.6 Å². The molecule has 3 N–H and O–H groups in total. The summed E-state index contributed by atoms with van der Waals surface area (Å²) in [6.07, 6.45) is 0. The molecule has 106 valence electrons. The fourth-order valence-corrected chi connectivity index (χ4v) is 2.66. The van der Waals surface area contributed by atoms with Gasteiger partial charge in [-0.2, -0.15) is 0 Å². The van der Waals surface area contributed by atoms with Gasteiger partial charge in [0.05, 0.1) is 17.7 Å². The van der Waals surface area contributed by atoms with Crippen molar-refractivity contribution < 1.29 is 0 Å². The van der Waals surface area contributed by atoms with Crippen molar-refractivity contribution in [1.82, 2.24) is 15.0 Å². The normalized spacial score (nSPS) is 10.5. The van der Waals surface area contributed by atoms with Crippen LogP contribution in [0.15, 0.2) is 41.9 Å². The molecule has 0 saturated heterocycles. The third-order valence-electron chi connectivity index (χ3n) is 3.05. The van der Waals surface area contributed by atoms with Gasteiger partial charge in [-0.25, -0.2) is 15.0 Å². The molecule has 2 heterocycles.